The molecule has 2 atom stereocenters. The lowest BCUT2D eigenvalue weighted by Gasteiger charge is -2.40. The molecule has 0 bridgehead atoms. The second-order valence-corrected chi connectivity index (χ2v) is 9.02. The second-order valence-electron chi connectivity index (χ2n) is 8.02. The number of carbonyl (C=O) groups excluding carboxylic acids is 2. The average molecular weight is 391 g/mol. The topological polar surface area (TPSA) is 55.9 Å². The summed E-state index contributed by atoms with van der Waals surface area (Å²) in [4.78, 5) is 33.4. The highest BCUT2D eigenvalue weighted by Gasteiger charge is 2.35. The van der Waals surface area contributed by atoms with Crippen LogP contribution in [0.15, 0.2) is 11.4 Å². The summed E-state index contributed by atoms with van der Waals surface area (Å²) < 4.78 is 0. The number of urea groups is 1. The zero-order chi connectivity index (χ0) is 18.8. The van der Waals surface area contributed by atoms with Gasteiger partial charge in [-0.15, -0.1) is 11.3 Å². The van der Waals surface area contributed by atoms with Crippen LogP contribution in [0.2, 0.25) is 0 Å². The monoisotopic (exact) mass is 390 g/mol. The van der Waals surface area contributed by atoms with Crippen LogP contribution in [-0.2, 0) is 17.8 Å². The van der Waals surface area contributed by atoms with Crippen molar-refractivity contribution in [1.82, 2.24) is 20.0 Å². The minimum Gasteiger partial charge on any atom is -0.341 e. The average Bonchev–Trinajstić information content (AvgIpc) is 3.20. The minimum atomic E-state index is -0.0418. The van der Waals surface area contributed by atoms with Gasteiger partial charge in [0.05, 0.1) is 5.92 Å². The number of nitrogens with one attached hydrogen (secondary N) is 1. The van der Waals surface area contributed by atoms with Crippen LogP contribution in [0, 0.1) is 5.92 Å². The van der Waals surface area contributed by atoms with Gasteiger partial charge >= 0.3 is 6.03 Å². The molecular formula is C20H30N4O2S. The van der Waals surface area contributed by atoms with E-state index in [1.165, 1.54) is 10.4 Å². The highest BCUT2D eigenvalue weighted by Crippen LogP contribution is 2.27. The van der Waals surface area contributed by atoms with E-state index < -0.39 is 0 Å². The summed E-state index contributed by atoms with van der Waals surface area (Å²) in [6, 6.07) is 2.64. The molecule has 2 fully saturated rings. The van der Waals surface area contributed by atoms with E-state index in [9.17, 15) is 9.59 Å². The molecule has 4 rings (SSSR count). The molecule has 6 nitrogen and oxygen atoms in total. The fourth-order valence-corrected chi connectivity index (χ4v) is 5.53. The number of rotatable bonds is 2. The van der Waals surface area contributed by atoms with E-state index in [-0.39, 0.29) is 17.9 Å². The first-order chi connectivity index (χ1) is 13.2. The van der Waals surface area contributed by atoms with Crippen LogP contribution in [0.3, 0.4) is 0 Å². The summed E-state index contributed by atoms with van der Waals surface area (Å²) in [7, 11) is 1.97. The van der Waals surface area contributed by atoms with Crippen LogP contribution in [0.4, 0.5) is 4.79 Å². The van der Waals surface area contributed by atoms with Gasteiger partial charge in [-0.1, -0.05) is 0 Å². The zero-order valence-corrected chi connectivity index (χ0v) is 17.0. The number of fused-ring (bicyclic) bond motifs is 1. The maximum absolute atomic E-state index is 13.0. The fraction of sp³-hybridized carbons (Fsp3) is 0.700. The Balaban J connectivity index is 1.36. The number of thiophene rings is 1. The van der Waals surface area contributed by atoms with Crippen molar-refractivity contribution in [2.75, 3.05) is 39.8 Å². The number of nitrogens with zero attached hydrogens (tertiary/aromatic N) is 3. The van der Waals surface area contributed by atoms with Crippen LogP contribution in [0.25, 0.3) is 0 Å². The molecular weight excluding hydrogens is 360 g/mol. The van der Waals surface area contributed by atoms with Crippen LogP contribution in [0.1, 0.15) is 36.1 Å². The standard InChI is InChI=1S/C20H30N4O2S/c1-21-17-5-3-8-22(14-17)19(25)16-4-2-9-23(13-16)20(26)24-10-6-18-15(12-24)7-11-27-18/h7,11,16-17,21H,2-6,8-10,12-14H2,1H3. The number of carbonyl (C=O) groups is 2. The maximum atomic E-state index is 13.0. The van der Waals surface area contributed by atoms with Crippen LogP contribution < -0.4 is 5.32 Å². The number of likely N-dealkylation sites (N-methyl/N-ethyl adjacent to an activating group) is 1. The van der Waals surface area contributed by atoms with Crippen molar-refractivity contribution < 1.29 is 9.59 Å². The van der Waals surface area contributed by atoms with Gasteiger partial charge in [-0.25, -0.2) is 4.79 Å². The molecule has 0 aromatic carbocycles. The maximum Gasteiger partial charge on any atom is 0.320 e. The van der Waals surface area contributed by atoms with E-state index in [1.807, 2.05) is 21.7 Å². The Morgan fingerprint density at radius 2 is 1.89 bits per heavy atom. The van der Waals surface area contributed by atoms with E-state index in [1.54, 1.807) is 11.3 Å². The summed E-state index contributed by atoms with van der Waals surface area (Å²) in [6.45, 7) is 4.50. The number of piperidine rings is 2. The van der Waals surface area contributed by atoms with Gasteiger partial charge in [-0.3, -0.25) is 4.79 Å². The van der Waals surface area contributed by atoms with Gasteiger partial charge in [0.1, 0.15) is 0 Å². The van der Waals surface area contributed by atoms with E-state index in [2.05, 4.69) is 16.8 Å². The smallest absolute Gasteiger partial charge is 0.320 e. The summed E-state index contributed by atoms with van der Waals surface area (Å²) in [5, 5.41) is 5.42. The highest BCUT2D eigenvalue weighted by molar-refractivity contribution is 7.10. The summed E-state index contributed by atoms with van der Waals surface area (Å²) in [5.74, 6) is 0.200. The Morgan fingerprint density at radius 3 is 2.74 bits per heavy atom. The van der Waals surface area contributed by atoms with E-state index >= 15 is 0 Å². The molecule has 148 valence electrons. The molecule has 3 amide bonds. The Morgan fingerprint density at radius 1 is 1.07 bits per heavy atom. The zero-order valence-electron chi connectivity index (χ0n) is 16.2. The lowest BCUT2D eigenvalue weighted by molar-refractivity contribution is -0.138. The molecule has 1 aromatic heterocycles. The molecule has 0 saturated carbocycles. The van der Waals surface area contributed by atoms with E-state index in [0.29, 0.717) is 19.1 Å². The molecule has 27 heavy (non-hydrogen) atoms. The quantitative estimate of drug-likeness (QED) is 0.842. The summed E-state index contributed by atoms with van der Waals surface area (Å²) >= 11 is 1.79. The molecule has 0 aliphatic carbocycles. The number of hydrogen-bond acceptors (Lipinski definition) is 4. The normalized spacial score (nSPS) is 26.0. The highest BCUT2D eigenvalue weighted by atomic mass is 32.1. The molecule has 3 aliphatic rings. The minimum absolute atomic E-state index is 0.0418. The lowest BCUT2D eigenvalue weighted by atomic mass is 9.95. The Kier molecular flexibility index (Phi) is 5.68. The van der Waals surface area contributed by atoms with Crippen molar-refractivity contribution in [3.63, 3.8) is 0 Å². The molecule has 1 N–H and O–H groups in total. The van der Waals surface area contributed by atoms with Gasteiger partial charge in [-0.05, 0) is 56.2 Å². The molecule has 0 radical (unpaired) electrons. The third kappa shape index (κ3) is 3.99. The van der Waals surface area contributed by atoms with Gasteiger partial charge < -0.3 is 20.0 Å². The molecule has 2 unspecified atom stereocenters. The van der Waals surface area contributed by atoms with Gasteiger partial charge in [0.25, 0.3) is 0 Å². The lowest BCUT2D eigenvalue weighted by Crippen LogP contribution is -2.54. The molecule has 1 aromatic rings. The van der Waals surface area contributed by atoms with Crippen LogP contribution in [-0.4, -0.2) is 72.5 Å². The molecule has 2 saturated heterocycles. The molecule has 3 aliphatic heterocycles. The SMILES string of the molecule is CNC1CCCN(C(=O)C2CCCN(C(=O)N3CCc4sccc4C3)C2)C1. The predicted octanol–water partition coefficient (Wildman–Crippen LogP) is 2.15. The third-order valence-electron chi connectivity index (χ3n) is 6.26. The van der Waals surface area contributed by atoms with E-state index in [4.69, 9.17) is 0 Å². The van der Waals surface area contributed by atoms with Gasteiger partial charge in [0, 0.05) is 50.2 Å². The predicted molar refractivity (Wildman–Crippen MR) is 107 cm³/mol. The van der Waals surface area contributed by atoms with Crippen LogP contribution in [0.5, 0.6) is 0 Å². The van der Waals surface area contributed by atoms with Crippen molar-refractivity contribution in [1.29, 1.82) is 0 Å². The van der Waals surface area contributed by atoms with Crippen molar-refractivity contribution >= 4 is 23.3 Å². The molecule has 7 heteroatoms. The summed E-state index contributed by atoms with van der Waals surface area (Å²) in [6.07, 6.45) is 4.97. The van der Waals surface area contributed by atoms with Crippen molar-refractivity contribution in [3.8, 4) is 0 Å². The first kappa shape index (κ1) is 18.7. The third-order valence-corrected chi connectivity index (χ3v) is 7.28. The molecule has 4 heterocycles. The van der Waals surface area contributed by atoms with Gasteiger partial charge in [-0.2, -0.15) is 0 Å². The first-order valence-corrected chi connectivity index (χ1v) is 11.1. The Labute approximate surface area is 165 Å². The number of amides is 3. The Hall–Kier alpha value is -1.60. The fourth-order valence-electron chi connectivity index (χ4n) is 4.64. The van der Waals surface area contributed by atoms with Gasteiger partial charge in [0.2, 0.25) is 5.91 Å². The Bertz CT molecular complexity index is 691. The van der Waals surface area contributed by atoms with Crippen molar-refractivity contribution in [2.45, 2.75) is 44.7 Å². The van der Waals surface area contributed by atoms with Crippen LogP contribution >= 0.6 is 11.3 Å². The van der Waals surface area contributed by atoms with E-state index in [0.717, 1.165) is 58.3 Å². The molecule has 0 spiro atoms. The number of hydrogen-bond donors (Lipinski definition) is 1. The largest absolute Gasteiger partial charge is 0.341 e. The van der Waals surface area contributed by atoms with Crippen molar-refractivity contribution in [3.05, 3.63) is 21.9 Å². The van der Waals surface area contributed by atoms with Gasteiger partial charge in [0.15, 0.2) is 0 Å². The van der Waals surface area contributed by atoms with Crippen molar-refractivity contribution in [2.24, 2.45) is 5.92 Å². The first-order valence-electron chi connectivity index (χ1n) is 10.2. The second kappa shape index (κ2) is 8.19. The summed E-state index contributed by atoms with van der Waals surface area (Å²) in [5.41, 5.74) is 1.29. The number of likely N-dealkylation sites (tertiary alicyclic amines) is 2.